The maximum atomic E-state index is 3.55. The summed E-state index contributed by atoms with van der Waals surface area (Å²) in [4.78, 5) is 0. The van der Waals surface area contributed by atoms with E-state index >= 15 is 0 Å². The van der Waals surface area contributed by atoms with Gasteiger partial charge in [-0.3, -0.25) is 0 Å². The fourth-order valence-corrected chi connectivity index (χ4v) is 2.85. The lowest BCUT2D eigenvalue weighted by molar-refractivity contribution is 1.34. The summed E-state index contributed by atoms with van der Waals surface area (Å²) >= 11 is 7.06. The predicted molar refractivity (Wildman–Crippen MR) is 69.2 cm³/mol. The molecule has 0 aromatic heterocycles. The zero-order valence-electron chi connectivity index (χ0n) is 7.63. The van der Waals surface area contributed by atoms with E-state index in [-0.39, 0.29) is 0 Å². The van der Waals surface area contributed by atoms with Gasteiger partial charge in [0.05, 0.1) is 0 Å². The van der Waals surface area contributed by atoms with Crippen LogP contribution in [0, 0.1) is 0 Å². The van der Waals surface area contributed by atoms with Gasteiger partial charge in [0, 0.05) is 10.7 Å². The molecule has 2 aromatic carbocycles. The van der Waals surface area contributed by atoms with Crippen molar-refractivity contribution in [3.8, 4) is 0 Å². The summed E-state index contributed by atoms with van der Waals surface area (Å²) < 4.78 is 0. The van der Waals surface area contributed by atoms with E-state index < -0.39 is 0 Å². The lowest BCUT2D eigenvalue weighted by Gasteiger charge is -2.08. The van der Waals surface area contributed by atoms with Gasteiger partial charge in [0.15, 0.2) is 0 Å². The Morgan fingerprint density at radius 1 is 0.857 bits per heavy atom. The molecule has 0 N–H and O–H groups in total. The van der Waals surface area contributed by atoms with E-state index in [1.807, 2.05) is 0 Å². The predicted octanol–water partition coefficient (Wildman–Crippen LogP) is 4.63. The van der Waals surface area contributed by atoms with Crippen molar-refractivity contribution in [2.75, 3.05) is 0 Å². The highest BCUT2D eigenvalue weighted by molar-refractivity contribution is 9.09. The van der Waals surface area contributed by atoms with Crippen LogP contribution >= 0.6 is 31.9 Å². The van der Waals surface area contributed by atoms with Crippen LogP contribution in [0.1, 0.15) is 11.1 Å². The first kappa shape index (κ1) is 10.2. The second-order valence-electron chi connectivity index (χ2n) is 3.19. The van der Waals surface area contributed by atoms with Crippen LogP contribution in [-0.4, -0.2) is 0 Å². The molecule has 0 heterocycles. The molecule has 0 aliphatic rings. The van der Waals surface area contributed by atoms with Crippen LogP contribution in [0.4, 0.5) is 0 Å². The van der Waals surface area contributed by atoms with Crippen LogP contribution < -0.4 is 0 Å². The van der Waals surface area contributed by atoms with Crippen molar-refractivity contribution in [1.82, 2.24) is 0 Å². The quantitative estimate of drug-likeness (QED) is 0.709. The first-order valence-electron chi connectivity index (χ1n) is 4.48. The molecule has 0 spiro atoms. The van der Waals surface area contributed by atoms with Gasteiger partial charge in [0.25, 0.3) is 0 Å². The molecule has 0 fully saturated rings. The second-order valence-corrected chi connectivity index (χ2v) is 4.31. The van der Waals surface area contributed by atoms with E-state index in [1.165, 1.54) is 21.9 Å². The zero-order chi connectivity index (χ0) is 9.97. The Morgan fingerprint density at radius 2 is 1.64 bits per heavy atom. The molecular formula is C12H10Br2. The fraction of sp³-hybridized carbons (Fsp3) is 0.167. The molecule has 14 heavy (non-hydrogen) atoms. The topological polar surface area (TPSA) is 0 Å². The highest BCUT2D eigenvalue weighted by atomic mass is 79.9. The molecular weight excluding hydrogens is 304 g/mol. The molecule has 0 amide bonds. The first-order chi connectivity index (χ1) is 6.86. The van der Waals surface area contributed by atoms with Gasteiger partial charge in [-0.25, -0.2) is 0 Å². The number of alkyl halides is 2. The Labute approximate surface area is 101 Å². The third-order valence-corrected chi connectivity index (χ3v) is 3.58. The van der Waals surface area contributed by atoms with Gasteiger partial charge in [-0.15, -0.1) is 0 Å². The molecule has 72 valence electrons. The molecule has 0 aliphatic carbocycles. The molecule has 0 radical (unpaired) electrons. The molecule has 0 nitrogen and oxygen atoms in total. The Hall–Kier alpha value is -0.340. The van der Waals surface area contributed by atoms with Crippen molar-refractivity contribution in [1.29, 1.82) is 0 Å². The van der Waals surface area contributed by atoms with E-state index in [9.17, 15) is 0 Å². The van der Waals surface area contributed by atoms with Crippen LogP contribution in [0.2, 0.25) is 0 Å². The molecule has 0 unspecified atom stereocenters. The Kier molecular flexibility index (Phi) is 3.24. The highest BCUT2D eigenvalue weighted by Gasteiger charge is 2.04. The average molecular weight is 314 g/mol. The fourth-order valence-electron chi connectivity index (χ4n) is 1.66. The minimum Gasteiger partial charge on any atom is -0.0876 e. The smallest absolute Gasteiger partial charge is 0.0292 e. The summed E-state index contributed by atoms with van der Waals surface area (Å²) in [6, 6.07) is 12.9. The molecule has 0 atom stereocenters. The average Bonchev–Trinajstić information content (AvgIpc) is 2.27. The highest BCUT2D eigenvalue weighted by Crippen LogP contribution is 2.25. The molecule has 2 rings (SSSR count). The van der Waals surface area contributed by atoms with Crippen LogP contribution in [0.3, 0.4) is 0 Å². The molecule has 0 bridgehead atoms. The lowest BCUT2D eigenvalue weighted by Crippen LogP contribution is -1.89. The number of fused-ring (bicyclic) bond motifs is 1. The van der Waals surface area contributed by atoms with Gasteiger partial charge >= 0.3 is 0 Å². The number of hydrogen-bond donors (Lipinski definition) is 0. The number of rotatable bonds is 2. The van der Waals surface area contributed by atoms with Gasteiger partial charge in [-0.1, -0.05) is 68.3 Å². The van der Waals surface area contributed by atoms with Crippen LogP contribution in [-0.2, 0) is 10.7 Å². The third kappa shape index (κ3) is 1.73. The summed E-state index contributed by atoms with van der Waals surface area (Å²) in [7, 11) is 0. The summed E-state index contributed by atoms with van der Waals surface area (Å²) in [5.41, 5.74) is 2.75. The maximum Gasteiger partial charge on any atom is 0.0292 e. The Balaban J connectivity index is 2.77. The maximum absolute atomic E-state index is 3.55. The van der Waals surface area contributed by atoms with Crippen LogP contribution in [0.5, 0.6) is 0 Å². The number of hydrogen-bond acceptors (Lipinski definition) is 0. The van der Waals surface area contributed by atoms with Gasteiger partial charge in [-0.2, -0.15) is 0 Å². The third-order valence-electron chi connectivity index (χ3n) is 2.42. The molecule has 0 saturated carbocycles. The number of benzene rings is 2. The van der Waals surface area contributed by atoms with E-state index in [0.29, 0.717) is 0 Å². The molecule has 2 aromatic rings. The van der Waals surface area contributed by atoms with Crippen molar-refractivity contribution in [3.63, 3.8) is 0 Å². The standard InChI is InChI=1S/C12H10Br2/c13-7-10-6-5-9-3-1-2-4-11(9)12(10)8-14/h1-6H,7-8H2. The summed E-state index contributed by atoms with van der Waals surface area (Å²) in [5.74, 6) is 0. The molecule has 2 heteroatoms. The largest absolute Gasteiger partial charge is 0.0876 e. The Bertz CT molecular complexity index is 449. The van der Waals surface area contributed by atoms with E-state index in [2.05, 4.69) is 68.3 Å². The van der Waals surface area contributed by atoms with Crippen molar-refractivity contribution in [2.24, 2.45) is 0 Å². The van der Waals surface area contributed by atoms with Crippen molar-refractivity contribution >= 4 is 42.6 Å². The summed E-state index contributed by atoms with van der Waals surface area (Å²) in [5, 5.41) is 4.49. The minimum absolute atomic E-state index is 0.912. The van der Waals surface area contributed by atoms with Crippen LogP contribution in [0.25, 0.3) is 10.8 Å². The van der Waals surface area contributed by atoms with E-state index in [0.717, 1.165) is 10.7 Å². The van der Waals surface area contributed by atoms with Crippen LogP contribution in [0.15, 0.2) is 36.4 Å². The second kappa shape index (κ2) is 4.45. The van der Waals surface area contributed by atoms with E-state index in [4.69, 9.17) is 0 Å². The minimum atomic E-state index is 0.912. The SMILES string of the molecule is BrCc1ccc2ccccc2c1CBr. The van der Waals surface area contributed by atoms with E-state index in [1.54, 1.807) is 0 Å². The number of halogens is 2. The van der Waals surface area contributed by atoms with Crippen molar-refractivity contribution in [3.05, 3.63) is 47.5 Å². The molecule has 0 aliphatic heterocycles. The first-order valence-corrected chi connectivity index (χ1v) is 6.72. The van der Waals surface area contributed by atoms with Crippen molar-refractivity contribution in [2.45, 2.75) is 10.7 Å². The summed E-state index contributed by atoms with van der Waals surface area (Å²) in [6.07, 6.45) is 0. The van der Waals surface area contributed by atoms with Gasteiger partial charge in [0.1, 0.15) is 0 Å². The summed E-state index contributed by atoms with van der Waals surface area (Å²) in [6.45, 7) is 0. The van der Waals surface area contributed by atoms with Gasteiger partial charge in [0.2, 0.25) is 0 Å². The zero-order valence-corrected chi connectivity index (χ0v) is 10.8. The monoisotopic (exact) mass is 312 g/mol. The van der Waals surface area contributed by atoms with Gasteiger partial charge in [-0.05, 0) is 21.9 Å². The van der Waals surface area contributed by atoms with Crippen molar-refractivity contribution < 1.29 is 0 Å². The van der Waals surface area contributed by atoms with Gasteiger partial charge < -0.3 is 0 Å². The molecule has 0 saturated heterocycles. The lowest BCUT2D eigenvalue weighted by atomic mass is 10.0. The Morgan fingerprint density at radius 3 is 2.36 bits per heavy atom. The normalized spacial score (nSPS) is 10.7.